The first-order chi connectivity index (χ1) is 12.4. The maximum Gasteiger partial charge on any atom is 0.141 e. The Morgan fingerprint density at radius 2 is 1.81 bits per heavy atom. The van der Waals surface area contributed by atoms with Crippen LogP contribution in [0.3, 0.4) is 0 Å². The molecule has 0 fully saturated rings. The maximum absolute atomic E-state index is 14.0. The van der Waals surface area contributed by atoms with E-state index < -0.39 is 11.6 Å². The minimum Gasteiger partial charge on any atom is -0.318 e. The molecule has 26 heavy (non-hydrogen) atoms. The summed E-state index contributed by atoms with van der Waals surface area (Å²) in [5.41, 5.74) is 3.72. The van der Waals surface area contributed by atoms with Crippen molar-refractivity contribution in [3.05, 3.63) is 87.7 Å². The SMILES string of the molecule is Cc1cc(C=C(C#N)c2ccccc2F)c(C)n1-c1ccc(F)c(Cl)c1. The van der Waals surface area contributed by atoms with Gasteiger partial charge in [0.15, 0.2) is 0 Å². The van der Waals surface area contributed by atoms with Crippen molar-refractivity contribution in [2.45, 2.75) is 13.8 Å². The summed E-state index contributed by atoms with van der Waals surface area (Å²) in [6, 6.07) is 14.6. The predicted molar refractivity (Wildman–Crippen MR) is 100 cm³/mol. The second-order valence-corrected chi connectivity index (χ2v) is 6.32. The van der Waals surface area contributed by atoms with Crippen LogP contribution in [0.5, 0.6) is 0 Å². The van der Waals surface area contributed by atoms with Gasteiger partial charge in [0.1, 0.15) is 11.6 Å². The van der Waals surface area contributed by atoms with Crippen molar-refractivity contribution < 1.29 is 8.78 Å². The lowest BCUT2D eigenvalue weighted by molar-refractivity contribution is 0.624. The zero-order chi connectivity index (χ0) is 18.8. The topological polar surface area (TPSA) is 28.7 Å². The molecule has 0 saturated carbocycles. The average Bonchev–Trinajstić information content (AvgIpc) is 2.89. The number of halogens is 3. The first-order valence-electron chi connectivity index (χ1n) is 7.93. The van der Waals surface area contributed by atoms with Crippen LogP contribution >= 0.6 is 11.6 Å². The summed E-state index contributed by atoms with van der Waals surface area (Å²) in [5, 5.41) is 9.50. The van der Waals surface area contributed by atoms with Crippen LogP contribution in [0, 0.1) is 36.8 Å². The van der Waals surface area contributed by atoms with E-state index in [4.69, 9.17) is 11.6 Å². The first-order valence-corrected chi connectivity index (χ1v) is 8.31. The van der Waals surface area contributed by atoms with Crippen LogP contribution in [0.15, 0.2) is 48.5 Å². The van der Waals surface area contributed by atoms with Gasteiger partial charge in [-0.25, -0.2) is 8.78 Å². The van der Waals surface area contributed by atoms with E-state index in [0.717, 1.165) is 22.6 Å². The molecule has 0 atom stereocenters. The van der Waals surface area contributed by atoms with E-state index in [0.29, 0.717) is 0 Å². The number of rotatable bonds is 3. The fourth-order valence-electron chi connectivity index (χ4n) is 2.96. The van der Waals surface area contributed by atoms with Crippen LogP contribution in [-0.4, -0.2) is 4.57 Å². The van der Waals surface area contributed by atoms with Crippen molar-refractivity contribution in [1.29, 1.82) is 5.26 Å². The Morgan fingerprint density at radius 1 is 1.08 bits per heavy atom. The van der Waals surface area contributed by atoms with Crippen molar-refractivity contribution >= 4 is 23.3 Å². The largest absolute Gasteiger partial charge is 0.318 e. The highest BCUT2D eigenvalue weighted by Crippen LogP contribution is 2.28. The summed E-state index contributed by atoms with van der Waals surface area (Å²) >= 11 is 5.89. The number of benzene rings is 2. The molecule has 130 valence electrons. The second-order valence-electron chi connectivity index (χ2n) is 5.91. The van der Waals surface area contributed by atoms with Gasteiger partial charge in [-0.1, -0.05) is 29.8 Å². The molecule has 2 nitrogen and oxygen atoms in total. The minimum atomic E-state index is -0.482. The Kier molecular flexibility index (Phi) is 4.92. The van der Waals surface area contributed by atoms with Crippen molar-refractivity contribution in [1.82, 2.24) is 4.57 Å². The Bertz CT molecular complexity index is 1060. The summed E-state index contributed by atoms with van der Waals surface area (Å²) in [6.07, 6.45) is 1.66. The van der Waals surface area contributed by atoms with E-state index in [2.05, 4.69) is 6.07 Å². The molecule has 0 radical (unpaired) electrons. The highest BCUT2D eigenvalue weighted by atomic mass is 35.5. The fourth-order valence-corrected chi connectivity index (χ4v) is 3.14. The predicted octanol–water partition coefficient (Wildman–Crippen LogP) is 6.09. The van der Waals surface area contributed by atoms with E-state index in [1.165, 1.54) is 12.1 Å². The molecule has 0 aliphatic heterocycles. The zero-order valence-corrected chi connectivity index (χ0v) is 15.0. The van der Waals surface area contributed by atoms with Crippen LogP contribution in [0.4, 0.5) is 8.78 Å². The van der Waals surface area contributed by atoms with Gasteiger partial charge < -0.3 is 4.57 Å². The highest BCUT2D eigenvalue weighted by molar-refractivity contribution is 6.30. The third-order valence-corrected chi connectivity index (χ3v) is 4.51. The molecule has 0 amide bonds. The van der Waals surface area contributed by atoms with Crippen molar-refractivity contribution in [3.8, 4) is 11.8 Å². The molecule has 3 aromatic rings. The number of nitriles is 1. The van der Waals surface area contributed by atoms with Gasteiger partial charge in [-0.15, -0.1) is 0 Å². The lowest BCUT2D eigenvalue weighted by Gasteiger charge is -2.10. The second kappa shape index (κ2) is 7.15. The molecule has 0 aliphatic carbocycles. The number of aromatic nitrogens is 1. The number of aryl methyl sites for hydroxylation is 1. The van der Waals surface area contributed by atoms with Gasteiger partial charge in [0, 0.05) is 22.6 Å². The van der Waals surface area contributed by atoms with Crippen LogP contribution in [-0.2, 0) is 0 Å². The molecule has 1 aromatic heterocycles. The molecule has 2 aromatic carbocycles. The summed E-state index contributed by atoms with van der Waals surface area (Å²) in [5.74, 6) is -0.927. The maximum atomic E-state index is 14.0. The van der Waals surface area contributed by atoms with Gasteiger partial charge >= 0.3 is 0 Å². The van der Waals surface area contributed by atoms with Gasteiger partial charge in [0.25, 0.3) is 0 Å². The van der Waals surface area contributed by atoms with Gasteiger partial charge in [-0.05, 0) is 55.8 Å². The lowest BCUT2D eigenvalue weighted by atomic mass is 10.0. The quantitative estimate of drug-likeness (QED) is 0.514. The van der Waals surface area contributed by atoms with Gasteiger partial charge in [-0.3, -0.25) is 0 Å². The monoisotopic (exact) mass is 368 g/mol. The first kappa shape index (κ1) is 17.9. The number of nitrogens with zero attached hydrogens (tertiary/aromatic N) is 2. The normalized spacial score (nSPS) is 11.5. The lowest BCUT2D eigenvalue weighted by Crippen LogP contribution is -1.99. The Hall–Kier alpha value is -2.90. The van der Waals surface area contributed by atoms with Crippen LogP contribution in [0.2, 0.25) is 5.02 Å². The molecule has 0 spiro atoms. The minimum absolute atomic E-state index is 0.0381. The third-order valence-electron chi connectivity index (χ3n) is 4.22. The van der Waals surface area contributed by atoms with Crippen LogP contribution < -0.4 is 0 Å². The molecule has 0 unspecified atom stereocenters. The molecule has 1 heterocycles. The molecule has 0 saturated heterocycles. The summed E-state index contributed by atoms with van der Waals surface area (Å²) in [6.45, 7) is 3.78. The van der Waals surface area contributed by atoms with Crippen LogP contribution in [0.25, 0.3) is 17.3 Å². The molecule has 0 N–H and O–H groups in total. The molecule has 5 heteroatoms. The van der Waals surface area contributed by atoms with Crippen molar-refractivity contribution in [2.75, 3.05) is 0 Å². The zero-order valence-electron chi connectivity index (χ0n) is 14.2. The van der Waals surface area contributed by atoms with E-state index in [-0.39, 0.29) is 16.2 Å². The smallest absolute Gasteiger partial charge is 0.141 e. The van der Waals surface area contributed by atoms with E-state index >= 15 is 0 Å². The molecule has 3 rings (SSSR count). The fraction of sp³-hybridized carbons (Fsp3) is 0.0952. The van der Waals surface area contributed by atoms with E-state index in [1.54, 1.807) is 36.4 Å². The van der Waals surface area contributed by atoms with Gasteiger partial charge in [0.05, 0.1) is 16.7 Å². The molecule has 0 aliphatic rings. The standard InChI is InChI=1S/C21H15ClF2N2/c1-13-9-15(10-16(12-25)18-5-3-4-6-20(18)23)14(2)26(13)17-7-8-21(24)19(22)11-17/h3-11H,1-2H3. The van der Waals surface area contributed by atoms with E-state index in [9.17, 15) is 14.0 Å². The van der Waals surface area contributed by atoms with Crippen LogP contribution in [0.1, 0.15) is 22.5 Å². The van der Waals surface area contributed by atoms with E-state index in [1.807, 2.05) is 24.5 Å². The van der Waals surface area contributed by atoms with Gasteiger partial charge in [-0.2, -0.15) is 5.26 Å². The summed E-state index contributed by atoms with van der Waals surface area (Å²) in [4.78, 5) is 0. The summed E-state index contributed by atoms with van der Waals surface area (Å²) < 4.78 is 29.4. The van der Waals surface area contributed by atoms with Gasteiger partial charge in [0.2, 0.25) is 0 Å². The third kappa shape index (κ3) is 3.26. The highest BCUT2D eigenvalue weighted by Gasteiger charge is 2.13. The molecule has 0 bridgehead atoms. The molecular formula is C21H15ClF2N2. The Labute approximate surface area is 155 Å². The summed E-state index contributed by atoms with van der Waals surface area (Å²) in [7, 11) is 0. The van der Waals surface area contributed by atoms with Crippen molar-refractivity contribution in [2.24, 2.45) is 0 Å². The number of hydrogen-bond donors (Lipinski definition) is 0. The average molecular weight is 369 g/mol. The Balaban J connectivity index is 2.12. The number of allylic oxidation sites excluding steroid dienone is 1. The molecular weight excluding hydrogens is 354 g/mol. The van der Waals surface area contributed by atoms with Crippen molar-refractivity contribution in [3.63, 3.8) is 0 Å². The number of hydrogen-bond acceptors (Lipinski definition) is 1. The Morgan fingerprint density at radius 3 is 2.46 bits per heavy atom.